The molecule has 0 aliphatic carbocycles. The number of rotatable bonds is 6. The van der Waals surface area contributed by atoms with Crippen molar-refractivity contribution in [2.75, 3.05) is 11.9 Å². The Bertz CT molecular complexity index is 802. The maximum absolute atomic E-state index is 12.2. The molecule has 5 nitrogen and oxygen atoms in total. The quantitative estimate of drug-likeness (QED) is 0.844. The van der Waals surface area contributed by atoms with Crippen LogP contribution >= 0.6 is 0 Å². The number of hydrogen-bond donors (Lipinski definition) is 1. The molecule has 26 heavy (non-hydrogen) atoms. The van der Waals surface area contributed by atoms with Crippen molar-refractivity contribution in [3.05, 3.63) is 54.1 Å². The fourth-order valence-corrected chi connectivity index (χ4v) is 1.98. The molecular formula is C18H15F3N2O3. The van der Waals surface area contributed by atoms with Crippen LogP contribution in [0.5, 0.6) is 11.5 Å². The lowest BCUT2D eigenvalue weighted by molar-refractivity contribution is -0.153. The summed E-state index contributed by atoms with van der Waals surface area (Å²) in [6, 6.07) is 14.3. The maximum Gasteiger partial charge on any atom is 0.422 e. The lowest BCUT2D eigenvalue weighted by Gasteiger charge is -2.15. The Morgan fingerprint density at radius 3 is 2.54 bits per heavy atom. The van der Waals surface area contributed by atoms with Gasteiger partial charge in [-0.3, -0.25) is 4.79 Å². The molecule has 1 unspecified atom stereocenters. The van der Waals surface area contributed by atoms with E-state index in [0.717, 1.165) is 0 Å². The largest absolute Gasteiger partial charge is 0.483 e. The van der Waals surface area contributed by atoms with E-state index in [1.807, 2.05) is 6.07 Å². The summed E-state index contributed by atoms with van der Waals surface area (Å²) in [7, 11) is 0. The lowest BCUT2D eigenvalue weighted by Crippen LogP contribution is -2.30. The van der Waals surface area contributed by atoms with Gasteiger partial charge in [0.1, 0.15) is 17.6 Å². The number of nitriles is 1. The average molecular weight is 364 g/mol. The molecular weight excluding hydrogens is 349 g/mol. The highest BCUT2D eigenvalue weighted by Crippen LogP contribution is 2.25. The zero-order valence-corrected chi connectivity index (χ0v) is 13.7. The SMILES string of the molecule is CC(Oc1ccccc1)C(=O)Nc1ccc(OCC(F)(F)F)c(C#N)c1. The van der Waals surface area contributed by atoms with Gasteiger partial charge in [-0.1, -0.05) is 18.2 Å². The Labute approximate surface area is 148 Å². The molecule has 2 aromatic rings. The summed E-state index contributed by atoms with van der Waals surface area (Å²) in [4.78, 5) is 12.2. The first-order valence-electron chi connectivity index (χ1n) is 7.55. The second-order valence-electron chi connectivity index (χ2n) is 5.29. The van der Waals surface area contributed by atoms with E-state index in [-0.39, 0.29) is 17.0 Å². The number of para-hydroxylation sites is 1. The molecule has 0 fully saturated rings. The maximum atomic E-state index is 12.2. The standard InChI is InChI=1S/C18H15F3N2O3/c1-12(26-15-5-3-2-4-6-15)17(24)23-14-7-8-16(13(9-14)10-22)25-11-18(19,20)21/h2-9,12H,11H2,1H3,(H,23,24). The predicted octanol–water partition coefficient (Wildman–Crippen LogP) is 3.91. The van der Waals surface area contributed by atoms with Crippen molar-refractivity contribution in [1.82, 2.24) is 0 Å². The monoisotopic (exact) mass is 364 g/mol. The number of carbonyl (C=O) groups excluding carboxylic acids is 1. The minimum atomic E-state index is -4.51. The van der Waals surface area contributed by atoms with E-state index in [4.69, 9.17) is 10.00 Å². The van der Waals surface area contributed by atoms with Crippen LogP contribution in [0.1, 0.15) is 12.5 Å². The van der Waals surface area contributed by atoms with Gasteiger partial charge in [0.25, 0.3) is 5.91 Å². The van der Waals surface area contributed by atoms with Crippen molar-refractivity contribution in [2.45, 2.75) is 19.2 Å². The Kier molecular flexibility index (Phi) is 6.07. The van der Waals surface area contributed by atoms with Crippen molar-refractivity contribution >= 4 is 11.6 Å². The van der Waals surface area contributed by atoms with E-state index < -0.39 is 24.8 Å². The van der Waals surface area contributed by atoms with Crippen LogP contribution in [0, 0.1) is 11.3 Å². The van der Waals surface area contributed by atoms with Crippen LogP contribution in [-0.4, -0.2) is 24.8 Å². The van der Waals surface area contributed by atoms with Gasteiger partial charge in [-0.2, -0.15) is 18.4 Å². The second-order valence-corrected chi connectivity index (χ2v) is 5.29. The number of amides is 1. The molecule has 1 N–H and O–H groups in total. The van der Waals surface area contributed by atoms with E-state index in [0.29, 0.717) is 5.75 Å². The molecule has 8 heteroatoms. The minimum Gasteiger partial charge on any atom is -0.483 e. The Morgan fingerprint density at radius 2 is 1.92 bits per heavy atom. The van der Waals surface area contributed by atoms with E-state index in [9.17, 15) is 18.0 Å². The predicted molar refractivity (Wildman–Crippen MR) is 87.9 cm³/mol. The third-order valence-electron chi connectivity index (χ3n) is 3.18. The molecule has 2 aromatic carbocycles. The topological polar surface area (TPSA) is 71.3 Å². The zero-order chi connectivity index (χ0) is 19.2. The van der Waals surface area contributed by atoms with Gasteiger partial charge in [0.05, 0.1) is 5.56 Å². The van der Waals surface area contributed by atoms with Crippen molar-refractivity contribution in [3.8, 4) is 17.6 Å². The van der Waals surface area contributed by atoms with Gasteiger partial charge >= 0.3 is 6.18 Å². The highest BCUT2D eigenvalue weighted by atomic mass is 19.4. The molecule has 0 heterocycles. The van der Waals surface area contributed by atoms with Crippen LogP contribution in [0.2, 0.25) is 0 Å². The summed E-state index contributed by atoms with van der Waals surface area (Å²) < 4.78 is 46.7. The Balaban J connectivity index is 2.02. The third kappa shape index (κ3) is 5.70. The van der Waals surface area contributed by atoms with Gasteiger partial charge in [0, 0.05) is 5.69 Å². The van der Waals surface area contributed by atoms with Crippen molar-refractivity contribution in [2.24, 2.45) is 0 Å². The second kappa shape index (κ2) is 8.25. The molecule has 0 bridgehead atoms. The van der Waals surface area contributed by atoms with Gasteiger partial charge in [0.2, 0.25) is 0 Å². The first-order valence-corrected chi connectivity index (χ1v) is 7.55. The lowest BCUT2D eigenvalue weighted by atomic mass is 10.2. The minimum absolute atomic E-state index is 0.122. The van der Waals surface area contributed by atoms with Crippen LogP contribution in [0.25, 0.3) is 0 Å². The van der Waals surface area contributed by atoms with Crippen LogP contribution in [0.15, 0.2) is 48.5 Å². The van der Waals surface area contributed by atoms with Crippen LogP contribution in [-0.2, 0) is 4.79 Å². The van der Waals surface area contributed by atoms with Crippen LogP contribution in [0.3, 0.4) is 0 Å². The smallest absolute Gasteiger partial charge is 0.422 e. The molecule has 0 aliphatic rings. The average Bonchev–Trinajstić information content (AvgIpc) is 2.60. The normalized spacial score (nSPS) is 12.0. The molecule has 1 atom stereocenters. The van der Waals surface area contributed by atoms with Crippen LogP contribution in [0.4, 0.5) is 18.9 Å². The molecule has 1 amide bonds. The highest BCUT2D eigenvalue weighted by molar-refractivity contribution is 5.94. The molecule has 2 rings (SSSR count). The first kappa shape index (κ1) is 19.1. The van der Waals surface area contributed by atoms with Crippen molar-refractivity contribution < 1.29 is 27.4 Å². The molecule has 0 spiro atoms. The zero-order valence-electron chi connectivity index (χ0n) is 13.7. The summed E-state index contributed by atoms with van der Waals surface area (Å²) >= 11 is 0. The summed E-state index contributed by atoms with van der Waals surface area (Å²) in [5.74, 6) is -0.165. The fraction of sp³-hybridized carbons (Fsp3) is 0.222. The molecule has 0 saturated carbocycles. The summed E-state index contributed by atoms with van der Waals surface area (Å²) in [6.07, 6.45) is -5.33. The Morgan fingerprint density at radius 1 is 1.23 bits per heavy atom. The van der Waals surface area contributed by atoms with Gasteiger partial charge in [-0.15, -0.1) is 0 Å². The van der Waals surface area contributed by atoms with E-state index in [1.165, 1.54) is 18.2 Å². The van der Waals surface area contributed by atoms with E-state index in [2.05, 4.69) is 10.1 Å². The fourth-order valence-electron chi connectivity index (χ4n) is 1.98. The van der Waals surface area contributed by atoms with Gasteiger partial charge in [-0.25, -0.2) is 0 Å². The molecule has 136 valence electrons. The Hall–Kier alpha value is -3.21. The van der Waals surface area contributed by atoms with Crippen LogP contribution < -0.4 is 14.8 Å². The van der Waals surface area contributed by atoms with Gasteiger partial charge < -0.3 is 14.8 Å². The molecule has 0 aliphatic heterocycles. The van der Waals surface area contributed by atoms with E-state index in [1.54, 1.807) is 37.3 Å². The van der Waals surface area contributed by atoms with Gasteiger partial charge in [0.15, 0.2) is 12.7 Å². The number of ether oxygens (including phenoxy) is 2. The number of hydrogen-bond acceptors (Lipinski definition) is 4. The molecule has 0 radical (unpaired) electrons. The number of carbonyl (C=O) groups is 1. The highest BCUT2D eigenvalue weighted by Gasteiger charge is 2.29. The first-order chi connectivity index (χ1) is 12.3. The third-order valence-corrected chi connectivity index (χ3v) is 3.18. The number of benzene rings is 2. The number of halogens is 3. The number of nitrogens with one attached hydrogen (secondary N) is 1. The van der Waals surface area contributed by atoms with Gasteiger partial charge in [-0.05, 0) is 37.3 Å². The molecule has 0 aromatic heterocycles. The number of nitrogens with zero attached hydrogens (tertiary/aromatic N) is 1. The summed E-state index contributed by atoms with van der Waals surface area (Å²) in [5, 5.41) is 11.6. The van der Waals surface area contributed by atoms with Crippen molar-refractivity contribution in [3.63, 3.8) is 0 Å². The molecule has 0 saturated heterocycles. The summed E-state index contributed by atoms with van der Waals surface area (Å²) in [5.41, 5.74) is 0.123. The van der Waals surface area contributed by atoms with Crippen molar-refractivity contribution in [1.29, 1.82) is 5.26 Å². The number of alkyl halides is 3. The van der Waals surface area contributed by atoms with E-state index >= 15 is 0 Å². The summed E-state index contributed by atoms with van der Waals surface area (Å²) in [6.45, 7) is 0.0453. The number of anilines is 1.